The molecule has 0 aromatic carbocycles. The predicted molar refractivity (Wildman–Crippen MR) is 79.8 cm³/mol. The fourth-order valence-corrected chi connectivity index (χ4v) is 2.57. The Morgan fingerprint density at radius 1 is 1.39 bits per heavy atom. The average molecular weight is 362 g/mol. The Labute approximate surface area is 121 Å². The molecule has 6 heteroatoms. The van der Waals surface area contributed by atoms with Crippen LogP contribution in [-0.2, 0) is 0 Å². The van der Waals surface area contributed by atoms with Crippen LogP contribution in [0, 0.1) is 10.5 Å². The molecular weight excluding hydrogens is 343 g/mol. The van der Waals surface area contributed by atoms with E-state index in [1.165, 1.54) is 0 Å². The minimum Gasteiger partial charge on any atom is -0.308 e. The standard InChI is InChI=1S/C12H19IN4O/c1-8-10(13)12(18)15-11(14-8)9-7-16(2)5-4-6-17(9)3/h9H,4-7H2,1-3H3,(H,14,15,18). The maximum atomic E-state index is 11.8. The second kappa shape index (κ2) is 5.66. The van der Waals surface area contributed by atoms with Gasteiger partial charge in [-0.3, -0.25) is 9.69 Å². The molecule has 0 spiro atoms. The molecule has 0 amide bonds. The monoisotopic (exact) mass is 362 g/mol. The quantitative estimate of drug-likeness (QED) is 0.758. The van der Waals surface area contributed by atoms with E-state index in [0.29, 0.717) is 3.57 Å². The molecule has 18 heavy (non-hydrogen) atoms. The zero-order valence-corrected chi connectivity index (χ0v) is 13.2. The van der Waals surface area contributed by atoms with Crippen LogP contribution in [-0.4, -0.2) is 53.5 Å². The van der Waals surface area contributed by atoms with Crippen LogP contribution in [0.25, 0.3) is 0 Å². The molecule has 1 aliphatic heterocycles. The van der Waals surface area contributed by atoms with E-state index in [0.717, 1.165) is 37.6 Å². The number of rotatable bonds is 1. The van der Waals surface area contributed by atoms with Gasteiger partial charge in [-0.05, 0) is 63.1 Å². The summed E-state index contributed by atoms with van der Waals surface area (Å²) in [6.45, 7) is 4.92. The molecule has 0 aliphatic carbocycles. The first-order valence-electron chi connectivity index (χ1n) is 6.14. The highest BCUT2D eigenvalue weighted by Crippen LogP contribution is 2.20. The van der Waals surface area contributed by atoms with Crippen molar-refractivity contribution in [3.8, 4) is 0 Å². The van der Waals surface area contributed by atoms with Crippen LogP contribution in [0.5, 0.6) is 0 Å². The maximum Gasteiger partial charge on any atom is 0.264 e. The molecule has 1 unspecified atom stereocenters. The zero-order chi connectivity index (χ0) is 13.3. The van der Waals surface area contributed by atoms with Crippen LogP contribution in [0.2, 0.25) is 0 Å². The Kier molecular flexibility index (Phi) is 4.39. The van der Waals surface area contributed by atoms with Crippen molar-refractivity contribution < 1.29 is 0 Å². The smallest absolute Gasteiger partial charge is 0.264 e. The van der Waals surface area contributed by atoms with Crippen molar-refractivity contribution >= 4 is 22.6 Å². The van der Waals surface area contributed by atoms with Gasteiger partial charge in [0, 0.05) is 6.54 Å². The molecule has 2 rings (SSSR count). The third kappa shape index (κ3) is 2.92. The number of H-pyrrole nitrogens is 1. The highest BCUT2D eigenvalue weighted by atomic mass is 127. The normalized spacial score (nSPS) is 23.0. The van der Waals surface area contributed by atoms with Gasteiger partial charge in [0.2, 0.25) is 0 Å². The van der Waals surface area contributed by atoms with E-state index in [2.05, 4.69) is 33.9 Å². The number of aromatic nitrogens is 2. The number of nitrogens with zero attached hydrogens (tertiary/aromatic N) is 3. The molecule has 1 fully saturated rings. The first-order valence-corrected chi connectivity index (χ1v) is 7.22. The average Bonchev–Trinajstić information content (AvgIpc) is 2.47. The number of nitrogens with one attached hydrogen (secondary N) is 1. The SMILES string of the molecule is Cc1nc(C2CN(C)CCCN2C)[nH]c(=O)c1I. The van der Waals surface area contributed by atoms with Crippen molar-refractivity contribution in [2.75, 3.05) is 33.7 Å². The molecule has 0 bridgehead atoms. The zero-order valence-electron chi connectivity index (χ0n) is 11.0. The van der Waals surface area contributed by atoms with Gasteiger partial charge in [0.25, 0.3) is 5.56 Å². The van der Waals surface area contributed by atoms with Gasteiger partial charge in [-0.2, -0.15) is 0 Å². The summed E-state index contributed by atoms with van der Waals surface area (Å²) in [4.78, 5) is 23.9. The maximum absolute atomic E-state index is 11.8. The van der Waals surface area contributed by atoms with Crippen LogP contribution < -0.4 is 5.56 Å². The molecule has 1 atom stereocenters. The van der Waals surface area contributed by atoms with E-state index in [1.807, 2.05) is 29.5 Å². The van der Waals surface area contributed by atoms with Crippen molar-refractivity contribution in [2.45, 2.75) is 19.4 Å². The van der Waals surface area contributed by atoms with Gasteiger partial charge in [-0.1, -0.05) is 0 Å². The first kappa shape index (κ1) is 14.0. The molecule has 0 saturated carbocycles. The summed E-state index contributed by atoms with van der Waals surface area (Å²) in [7, 11) is 4.21. The van der Waals surface area contributed by atoms with E-state index in [9.17, 15) is 4.79 Å². The molecule has 2 heterocycles. The Morgan fingerprint density at radius 3 is 2.78 bits per heavy atom. The Hall–Kier alpha value is -0.470. The lowest BCUT2D eigenvalue weighted by Gasteiger charge is -2.26. The van der Waals surface area contributed by atoms with E-state index in [-0.39, 0.29) is 11.6 Å². The third-order valence-electron chi connectivity index (χ3n) is 3.43. The number of aryl methyl sites for hydroxylation is 1. The third-order valence-corrected chi connectivity index (χ3v) is 4.70. The first-order chi connectivity index (χ1) is 8.49. The summed E-state index contributed by atoms with van der Waals surface area (Å²) in [5.74, 6) is 0.786. The van der Waals surface area contributed by atoms with Crippen molar-refractivity contribution in [3.63, 3.8) is 0 Å². The van der Waals surface area contributed by atoms with Gasteiger partial charge >= 0.3 is 0 Å². The molecule has 1 N–H and O–H groups in total. The molecule has 5 nitrogen and oxygen atoms in total. The predicted octanol–water partition coefficient (Wildman–Crippen LogP) is 0.991. The van der Waals surface area contributed by atoms with Gasteiger partial charge in [-0.25, -0.2) is 4.98 Å². The molecule has 1 aromatic rings. The largest absolute Gasteiger partial charge is 0.308 e. The summed E-state index contributed by atoms with van der Waals surface area (Å²) < 4.78 is 0.681. The number of aromatic amines is 1. The second-order valence-electron chi connectivity index (χ2n) is 4.96. The minimum atomic E-state index is -0.0293. The lowest BCUT2D eigenvalue weighted by molar-refractivity contribution is 0.219. The molecule has 1 saturated heterocycles. The van der Waals surface area contributed by atoms with Gasteiger partial charge in [0.15, 0.2) is 0 Å². The topological polar surface area (TPSA) is 52.2 Å². The van der Waals surface area contributed by atoms with Crippen LogP contribution in [0.1, 0.15) is 24.0 Å². The van der Waals surface area contributed by atoms with Crippen molar-refractivity contribution in [1.82, 2.24) is 19.8 Å². The highest BCUT2D eigenvalue weighted by Gasteiger charge is 2.24. The summed E-state index contributed by atoms with van der Waals surface area (Å²) >= 11 is 2.04. The molecular formula is C12H19IN4O. The Balaban J connectivity index is 2.36. The minimum absolute atomic E-state index is 0.0293. The van der Waals surface area contributed by atoms with E-state index >= 15 is 0 Å². The molecule has 1 aliphatic rings. The summed E-state index contributed by atoms with van der Waals surface area (Å²) in [5.41, 5.74) is 0.785. The molecule has 1 aromatic heterocycles. The second-order valence-corrected chi connectivity index (χ2v) is 6.04. The van der Waals surface area contributed by atoms with Gasteiger partial charge in [-0.15, -0.1) is 0 Å². The van der Waals surface area contributed by atoms with Crippen LogP contribution in [0.3, 0.4) is 0 Å². The summed E-state index contributed by atoms with van der Waals surface area (Å²) in [6.07, 6.45) is 1.15. The molecule has 0 radical (unpaired) electrons. The lowest BCUT2D eigenvalue weighted by atomic mass is 10.2. The lowest BCUT2D eigenvalue weighted by Crippen LogP contribution is -2.33. The van der Waals surface area contributed by atoms with Gasteiger partial charge in [0.1, 0.15) is 5.82 Å². The van der Waals surface area contributed by atoms with Gasteiger partial charge in [0.05, 0.1) is 15.3 Å². The number of hydrogen-bond donors (Lipinski definition) is 1. The van der Waals surface area contributed by atoms with E-state index in [4.69, 9.17) is 0 Å². The molecule has 100 valence electrons. The van der Waals surface area contributed by atoms with E-state index < -0.39 is 0 Å². The number of likely N-dealkylation sites (N-methyl/N-ethyl adjacent to an activating group) is 2. The Bertz CT molecular complexity index is 487. The van der Waals surface area contributed by atoms with Crippen molar-refractivity contribution in [2.24, 2.45) is 0 Å². The number of halogens is 1. The van der Waals surface area contributed by atoms with Gasteiger partial charge < -0.3 is 9.88 Å². The van der Waals surface area contributed by atoms with Crippen LogP contribution in [0.15, 0.2) is 4.79 Å². The van der Waals surface area contributed by atoms with Crippen molar-refractivity contribution in [3.05, 3.63) is 25.4 Å². The summed E-state index contributed by atoms with van der Waals surface area (Å²) in [6, 6.07) is 0.167. The number of hydrogen-bond acceptors (Lipinski definition) is 4. The van der Waals surface area contributed by atoms with Crippen LogP contribution >= 0.6 is 22.6 Å². The van der Waals surface area contributed by atoms with E-state index in [1.54, 1.807) is 0 Å². The fraction of sp³-hybridized carbons (Fsp3) is 0.667. The fourth-order valence-electron chi connectivity index (χ4n) is 2.32. The van der Waals surface area contributed by atoms with Crippen molar-refractivity contribution in [1.29, 1.82) is 0 Å². The Morgan fingerprint density at radius 2 is 2.11 bits per heavy atom. The summed E-state index contributed by atoms with van der Waals surface area (Å²) in [5, 5.41) is 0. The van der Waals surface area contributed by atoms with Crippen LogP contribution in [0.4, 0.5) is 0 Å². The highest BCUT2D eigenvalue weighted by molar-refractivity contribution is 14.1.